The number of ether oxygens (including phenoxy) is 2. The molecule has 43 heavy (non-hydrogen) atoms. The fourth-order valence-electron chi connectivity index (χ4n) is 4.72. The summed E-state index contributed by atoms with van der Waals surface area (Å²) in [4.78, 5) is 49.9. The summed E-state index contributed by atoms with van der Waals surface area (Å²) in [6.07, 6.45) is 4.36. The number of benzene rings is 1. The van der Waals surface area contributed by atoms with Crippen LogP contribution in [0.2, 0.25) is 0 Å². The summed E-state index contributed by atoms with van der Waals surface area (Å²) < 4.78 is 11.3. The lowest BCUT2D eigenvalue weighted by molar-refractivity contribution is -0.117. The quantitative estimate of drug-likeness (QED) is 0.214. The fraction of sp³-hybridized carbons (Fsp3) is 0.258. The number of carbonyl (C=O) groups is 3. The standard InChI is InChI=1S/C28H24N6O5S.3CH4/c1-3-21(35)31-17-13-38-14-18(17)32-26(36)25-24-23-19(9-10-29-27(23)40-25)34(28(37)33-24)20-12-30-22(11-15(20)2)39-16-7-5-4-6-8-16;;;/h3-12,17-18H,1,13-14H2,2H3,(H,31,35)(H,32,36)(H,33,37);3*1H4/t17-,18+;;;/m1.../s1. The van der Waals surface area contributed by atoms with Crippen LogP contribution < -0.4 is 25.6 Å². The SMILES string of the molecule is C.C.C.C=CC(=O)N[C@@H]1COC[C@@H]1NC(=O)c1sc2nccc3c2c1NC(=O)N3c1cnc(Oc2ccccc2)cc1C. The van der Waals surface area contributed by atoms with Crippen molar-refractivity contribution < 1.29 is 23.9 Å². The highest BCUT2D eigenvalue weighted by atomic mass is 32.1. The van der Waals surface area contributed by atoms with Gasteiger partial charge in [0.1, 0.15) is 15.5 Å². The maximum Gasteiger partial charge on any atom is 0.331 e. The predicted molar refractivity (Wildman–Crippen MR) is 171 cm³/mol. The number of hydrogen-bond acceptors (Lipinski definition) is 8. The summed E-state index contributed by atoms with van der Waals surface area (Å²) in [5.74, 6) is 0.308. The number of para-hydroxylation sites is 1. The second-order valence-corrected chi connectivity index (χ2v) is 10.2. The van der Waals surface area contributed by atoms with E-state index in [-0.39, 0.29) is 41.4 Å². The van der Waals surface area contributed by atoms with E-state index in [4.69, 9.17) is 9.47 Å². The first-order valence-electron chi connectivity index (χ1n) is 12.5. The number of aryl methyl sites for hydroxylation is 1. The molecule has 0 aliphatic carbocycles. The lowest BCUT2D eigenvalue weighted by atomic mass is 10.1. The fourth-order valence-corrected chi connectivity index (χ4v) is 5.74. The summed E-state index contributed by atoms with van der Waals surface area (Å²) in [7, 11) is 0. The molecule has 3 aromatic heterocycles. The van der Waals surface area contributed by atoms with Crippen molar-refractivity contribution in [3.8, 4) is 11.6 Å². The normalized spacial score (nSPS) is 16.6. The Morgan fingerprint density at radius 2 is 1.81 bits per heavy atom. The van der Waals surface area contributed by atoms with Crippen molar-refractivity contribution in [3.05, 3.63) is 78.0 Å². The minimum absolute atomic E-state index is 0. The van der Waals surface area contributed by atoms with E-state index in [1.165, 1.54) is 22.3 Å². The van der Waals surface area contributed by atoms with Gasteiger partial charge in [-0.2, -0.15) is 0 Å². The zero-order valence-corrected chi connectivity index (χ0v) is 22.2. The van der Waals surface area contributed by atoms with Crippen LogP contribution in [0.5, 0.6) is 11.6 Å². The van der Waals surface area contributed by atoms with Gasteiger partial charge in [-0.25, -0.2) is 14.8 Å². The smallest absolute Gasteiger partial charge is 0.331 e. The topological polar surface area (TPSA) is 135 Å². The number of nitrogens with zero attached hydrogens (tertiary/aromatic N) is 3. The Morgan fingerprint density at radius 1 is 1.09 bits per heavy atom. The molecule has 2 aliphatic heterocycles. The van der Waals surface area contributed by atoms with Crippen LogP contribution in [0.3, 0.4) is 0 Å². The van der Waals surface area contributed by atoms with Gasteiger partial charge < -0.3 is 25.4 Å². The van der Waals surface area contributed by atoms with Crippen molar-refractivity contribution in [2.45, 2.75) is 41.3 Å². The van der Waals surface area contributed by atoms with Gasteiger partial charge in [0.15, 0.2) is 0 Å². The molecule has 4 aromatic rings. The van der Waals surface area contributed by atoms with E-state index in [2.05, 4.69) is 32.5 Å². The Kier molecular flexibility index (Phi) is 10.2. The van der Waals surface area contributed by atoms with Gasteiger partial charge in [-0.3, -0.25) is 14.5 Å². The molecule has 3 N–H and O–H groups in total. The van der Waals surface area contributed by atoms with Gasteiger partial charge >= 0.3 is 6.03 Å². The number of rotatable bonds is 7. The summed E-state index contributed by atoms with van der Waals surface area (Å²) in [6.45, 7) is 5.84. The third-order valence-corrected chi connectivity index (χ3v) is 7.72. The second kappa shape index (κ2) is 13.4. The average Bonchev–Trinajstić information content (AvgIpc) is 3.55. The molecule has 0 spiro atoms. The Bertz CT molecular complexity index is 1660. The van der Waals surface area contributed by atoms with Crippen LogP contribution in [0.15, 0.2) is 67.5 Å². The molecule has 0 radical (unpaired) electrons. The summed E-state index contributed by atoms with van der Waals surface area (Å²) in [5, 5.41) is 9.23. The number of carbonyl (C=O) groups excluding carboxylic acids is 3. The molecule has 226 valence electrons. The van der Waals surface area contributed by atoms with Crippen molar-refractivity contribution in [2.75, 3.05) is 23.4 Å². The zero-order chi connectivity index (χ0) is 27.8. The van der Waals surface area contributed by atoms with Crippen LogP contribution in [0.1, 0.15) is 37.5 Å². The molecule has 5 heterocycles. The number of aromatic nitrogens is 2. The number of pyridine rings is 2. The molecule has 1 aromatic carbocycles. The van der Waals surface area contributed by atoms with Gasteiger partial charge in [0, 0.05) is 12.3 Å². The van der Waals surface area contributed by atoms with Crippen LogP contribution in [0.25, 0.3) is 10.2 Å². The van der Waals surface area contributed by atoms with E-state index in [0.29, 0.717) is 43.8 Å². The molecule has 1 saturated heterocycles. The number of amides is 4. The van der Waals surface area contributed by atoms with Crippen LogP contribution >= 0.6 is 11.3 Å². The van der Waals surface area contributed by atoms with Crippen LogP contribution in [-0.4, -0.2) is 53.1 Å². The highest BCUT2D eigenvalue weighted by Crippen LogP contribution is 2.46. The summed E-state index contributed by atoms with van der Waals surface area (Å²) in [6, 6.07) is 11.5. The summed E-state index contributed by atoms with van der Waals surface area (Å²) >= 11 is 1.18. The van der Waals surface area contributed by atoms with Gasteiger partial charge in [-0.05, 0) is 36.8 Å². The minimum Gasteiger partial charge on any atom is -0.439 e. The lowest BCUT2D eigenvalue weighted by Crippen LogP contribution is -2.50. The minimum atomic E-state index is -0.442. The Balaban J connectivity index is 0.00000169. The first-order chi connectivity index (χ1) is 19.4. The molecular formula is C31H36N6O5S. The number of urea groups is 1. The third-order valence-electron chi connectivity index (χ3n) is 6.63. The zero-order valence-electron chi connectivity index (χ0n) is 21.3. The number of thiophene rings is 1. The van der Waals surface area contributed by atoms with E-state index >= 15 is 0 Å². The van der Waals surface area contributed by atoms with E-state index in [9.17, 15) is 14.4 Å². The molecule has 11 nitrogen and oxygen atoms in total. The van der Waals surface area contributed by atoms with E-state index in [1.807, 2.05) is 37.3 Å². The molecule has 0 bridgehead atoms. The van der Waals surface area contributed by atoms with Gasteiger partial charge in [0.2, 0.25) is 11.8 Å². The van der Waals surface area contributed by atoms with Crippen LogP contribution in [0.4, 0.5) is 21.9 Å². The van der Waals surface area contributed by atoms with Crippen molar-refractivity contribution >= 4 is 56.5 Å². The van der Waals surface area contributed by atoms with E-state index in [1.54, 1.807) is 24.5 Å². The highest BCUT2D eigenvalue weighted by molar-refractivity contribution is 7.21. The Morgan fingerprint density at radius 3 is 2.51 bits per heavy atom. The Labute approximate surface area is 254 Å². The van der Waals surface area contributed by atoms with Gasteiger partial charge in [0.25, 0.3) is 5.91 Å². The predicted octanol–water partition coefficient (Wildman–Crippen LogP) is 6.18. The molecule has 12 heteroatoms. The largest absolute Gasteiger partial charge is 0.439 e. The van der Waals surface area contributed by atoms with Crippen molar-refractivity contribution in [3.63, 3.8) is 0 Å². The Hall–Kier alpha value is -4.81. The molecule has 2 aliphatic rings. The molecule has 0 unspecified atom stereocenters. The highest BCUT2D eigenvalue weighted by Gasteiger charge is 2.36. The second-order valence-electron chi connectivity index (χ2n) is 9.24. The molecular weight excluding hydrogens is 568 g/mol. The average molecular weight is 605 g/mol. The third kappa shape index (κ3) is 6.20. The van der Waals surface area contributed by atoms with Crippen molar-refractivity contribution in [1.82, 2.24) is 20.6 Å². The first-order valence-corrected chi connectivity index (χ1v) is 13.3. The van der Waals surface area contributed by atoms with Gasteiger partial charge in [-0.1, -0.05) is 47.1 Å². The molecule has 0 saturated carbocycles. The van der Waals surface area contributed by atoms with E-state index in [0.717, 1.165) is 5.56 Å². The van der Waals surface area contributed by atoms with Crippen molar-refractivity contribution in [1.29, 1.82) is 0 Å². The number of hydrogen-bond donors (Lipinski definition) is 3. The van der Waals surface area contributed by atoms with E-state index < -0.39 is 24.0 Å². The maximum atomic E-state index is 13.5. The molecule has 1 fully saturated rings. The maximum absolute atomic E-state index is 13.5. The molecule has 6 rings (SSSR count). The lowest BCUT2D eigenvalue weighted by Gasteiger charge is -2.29. The molecule has 4 amide bonds. The van der Waals surface area contributed by atoms with Crippen LogP contribution in [-0.2, 0) is 9.53 Å². The monoisotopic (exact) mass is 604 g/mol. The summed E-state index contributed by atoms with van der Waals surface area (Å²) in [5.41, 5.74) is 2.31. The van der Waals surface area contributed by atoms with Gasteiger partial charge in [0.05, 0.1) is 53.9 Å². The van der Waals surface area contributed by atoms with Crippen LogP contribution in [0, 0.1) is 6.92 Å². The first kappa shape index (κ1) is 32.7. The number of anilines is 3. The number of nitrogens with one attached hydrogen (secondary N) is 3. The van der Waals surface area contributed by atoms with Crippen molar-refractivity contribution in [2.24, 2.45) is 0 Å². The molecule has 2 atom stereocenters. The van der Waals surface area contributed by atoms with Gasteiger partial charge in [-0.15, -0.1) is 11.3 Å².